The van der Waals surface area contributed by atoms with Gasteiger partial charge < -0.3 is 4.98 Å². The molecule has 5 nitrogen and oxygen atoms in total. The lowest BCUT2D eigenvalue weighted by atomic mass is 9.97. The van der Waals surface area contributed by atoms with Crippen molar-refractivity contribution in [2.24, 2.45) is 0 Å². The highest BCUT2D eigenvalue weighted by Gasteiger charge is 2.12. The number of aromatic nitrogens is 3. The minimum Gasteiger partial charge on any atom is -0.345 e. The van der Waals surface area contributed by atoms with Crippen LogP contribution in [-0.4, -0.2) is 20.9 Å². The predicted molar refractivity (Wildman–Crippen MR) is 110 cm³/mol. The van der Waals surface area contributed by atoms with E-state index in [2.05, 4.69) is 58.4 Å². The lowest BCUT2D eigenvalue weighted by Crippen LogP contribution is -2.11. The number of carbonyl (C=O) groups is 1. The summed E-state index contributed by atoms with van der Waals surface area (Å²) in [5, 5.41) is 5.43. The number of hydrogen-bond donors (Lipinski definition) is 2. The molecule has 1 amide bonds. The lowest BCUT2D eigenvalue weighted by Gasteiger charge is -2.08. The Labute approximate surface area is 161 Å². The third-order valence-corrected chi connectivity index (χ3v) is 5.55. The number of amides is 1. The average molecular weight is 376 g/mol. The lowest BCUT2D eigenvalue weighted by molar-refractivity contribution is 0.102. The molecule has 0 radical (unpaired) electrons. The molecule has 2 N–H and O–H groups in total. The van der Waals surface area contributed by atoms with Crippen molar-refractivity contribution in [2.45, 2.75) is 26.2 Å². The van der Waals surface area contributed by atoms with E-state index >= 15 is 0 Å². The molecule has 0 bridgehead atoms. The number of nitrogens with zero attached hydrogens (tertiary/aromatic N) is 2. The standard InChI is InChI=1S/C21H20N4OS/c1-3-13(2)14-4-6-15(7-5-14)19-11-27-21(24-19)25-20(26)16-8-9-17-18(10-16)23-12-22-17/h4-13H,3H2,1-2H3,(H,22,23)(H,24,25,26). The summed E-state index contributed by atoms with van der Waals surface area (Å²) in [5.74, 6) is 0.371. The number of aromatic amines is 1. The van der Waals surface area contributed by atoms with Crippen molar-refractivity contribution in [1.82, 2.24) is 15.0 Å². The van der Waals surface area contributed by atoms with E-state index in [0.29, 0.717) is 16.6 Å². The van der Waals surface area contributed by atoms with Gasteiger partial charge in [-0.05, 0) is 36.1 Å². The minimum atomic E-state index is -0.181. The molecule has 0 aliphatic rings. The first-order valence-electron chi connectivity index (χ1n) is 8.94. The zero-order valence-corrected chi connectivity index (χ0v) is 16.0. The maximum absolute atomic E-state index is 12.5. The Balaban J connectivity index is 1.49. The van der Waals surface area contributed by atoms with E-state index in [9.17, 15) is 4.79 Å². The van der Waals surface area contributed by atoms with E-state index in [-0.39, 0.29) is 5.91 Å². The number of H-pyrrole nitrogens is 1. The molecule has 2 aromatic heterocycles. The second-order valence-corrected chi connectivity index (χ2v) is 7.42. The van der Waals surface area contributed by atoms with E-state index < -0.39 is 0 Å². The van der Waals surface area contributed by atoms with E-state index in [1.165, 1.54) is 16.9 Å². The van der Waals surface area contributed by atoms with Gasteiger partial charge in [0.15, 0.2) is 5.13 Å². The minimum absolute atomic E-state index is 0.181. The molecule has 4 aromatic rings. The molecule has 6 heteroatoms. The monoisotopic (exact) mass is 376 g/mol. The topological polar surface area (TPSA) is 70.7 Å². The number of anilines is 1. The molecule has 0 saturated carbocycles. The predicted octanol–water partition coefficient (Wildman–Crippen LogP) is 5.45. The molecule has 0 aliphatic carbocycles. The van der Waals surface area contributed by atoms with Crippen molar-refractivity contribution in [2.75, 3.05) is 5.32 Å². The number of rotatable bonds is 5. The Morgan fingerprint density at radius 1 is 1.22 bits per heavy atom. The van der Waals surface area contributed by atoms with Crippen LogP contribution in [0.2, 0.25) is 0 Å². The molecular formula is C21H20N4OS. The molecule has 136 valence electrons. The summed E-state index contributed by atoms with van der Waals surface area (Å²) in [5.41, 5.74) is 5.50. The molecule has 0 saturated heterocycles. The van der Waals surface area contributed by atoms with Crippen LogP contribution in [0.25, 0.3) is 22.3 Å². The quantitative estimate of drug-likeness (QED) is 0.486. The first-order chi connectivity index (χ1) is 13.1. The van der Waals surface area contributed by atoms with Gasteiger partial charge in [-0.1, -0.05) is 38.1 Å². The van der Waals surface area contributed by atoms with Gasteiger partial charge >= 0.3 is 0 Å². The van der Waals surface area contributed by atoms with Gasteiger partial charge in [-0.15, -0.1) is 11.3 Å². The van der Waals surface area contributed by atoms with Gasteiger partial charge in [0, 0.05) is 16.5 Å². The fraction of sp³-hybridized carbons (Fsp3) is 0.190. The van der Waals surface area contributed by atoms with Gasteiger partial charge in [-0.25, -0.2) is 9.97 Å². The molecule has 0 aliphatic heterocycles. The SMILES string of the molecule is CCC(C)c1ccc(-c2csc(NC(=O)c3ccc4nc[nH]c4c3)n2)cc1. The van der Waals surface area contributed by atoms with Crippen LogP contribution >= 0.6 is 11.3 Å². The highest BCUT2D eigenvalue weighted by Crippen LogP contribution is 2.27. The van der Waals surface area contributed by atoms with Gasteiger partial charge in [0.25, 0.3) is 5.91 Å². The van der Waals surface area contributed by atoms with E-state index in [1.807, 2.05) is 11.4 Å². The smallest absolute Gasteiger partial charge is 0.257 e. The summed E-state index contributed by atoms with van der Waals surface area (Å²) >= 11 is 1.42. The molecule has 1 unspecified atom stereocenters. The van der Waals surface area contributed by atoms with E-state index in [0.717, 1.165) is 28.7 Å². The first-order valence-corrected chi connectivity index (χ1v) is 9.82. The maximum atomic E-state index is 12.5. The van der Waals surface area contributed by atoms with Crippen molar-refractivity contribution < 1.29 is 4.79 Å². The number of hydrogen-bond acceptors (Lipinski definition) is 4. The molecule has 27 heavy (non-hydrogen) atoms. The molecule has 0 fully saturated rings. The van der Waals surface area contributed by atoms with E-state index in [4.69, 9.17) is 0 Å². The third-order valence-electron chi connectivity index (χ3n) is 4.79. The summed E-state index contributed by atoms with van der Waals surface area (Å²) in [6.07, 6.45) is 2.74. The Morgan fingerprint density at radius 2 is 2.04 bits per heavy atom. The van der Waals surface area contributed by atoms with Gasteiger partial charge in [0.1, 0.15) is 0 Å². The van der Waals surface area contributed by atoms with Crippen LogP contribution < -0.4 is 5.32 Å². The van der Waals surface area contributed by atoms with Crippen LogP contribution in [0.1, 0.15) is 42.1 Å². The second kappa shape index (κ2) is 7.32. The highest BCUT2D eigenvalue weighted by atomic mass is 32.1. The third kappa shape index (κ3) is 3.61. The molecule has 2 aromatic carbocycles. The number of fused-ring (bicyclic) bond motifs is 1. The van der Waals surface area contributed by atoms with Crippen molar-refractivity contribution >= 4 is 33.4 Å². The van der Waals surface area contributed by atoms with Crippen LogP contribution in [0.4, 0.5) is 5.13 Å². The van der Waals surface area contributed by atoms with Crippen LogP contribution in [0.5, 0.6) is 0 Å². The number of benzene rings is 2. The Bertz CT molecular complexity index is 1080. The van der Waals surface area contributed by atoms with Gasteiger partial charge in [0.2, 0.25) is 0 Å². The summed E-state index contributed by atoms with van der Waals surface area (Å²) < 4.78 is 0. The fourth-order valence-corrected chi connectivity index (χ4v) is 3.64. The van der Waals surface area contributed by atoms with Crippen LogP contribution in [0.15, 0.2) is 54.2 Å². The van der Waals surface area contributed by atoms with Crippen molar-refractivity contribution in [1.29, 1.82) is 0 Å². The zero-order chi connectivity index (χ0) is 18.8. The first kappa shape index (κ1) is 17.4. The Hall–Kier alpha value is -2.99. The molecule has 0 spiro atoms. The molecule has 2 heterocycles. The maximum Gasteiger partial charge on any atom is 0.257 e. The number of imidazole rings is 1. The molecule has 1 atom stereocenters. The average Bonchev–Trinajstić information content (AvgIpc) is 3.36. The van der Waals surface area contributed by atoms with E-state index in [1.54, 1.807) is 18.5 Å². The summed E-state index contributed by atoms with van der Waals surface area (Å²) in [4.78, 5) is 24.2. The summed E-state index contributed by atoms with van der Waals surface area (Å²) in [7, 11) is 0. The number of nitrogens with one attached hydrogen (secondary N) is 2. The normalized spacial score (nSPS) is 12.2. The number of carbonyl (C=O) groups excluding carboxylic acids is 1. The van der Waals surface area contributed by atoms with Crippen molar-refractivity contribution in [3.8, 4) is 11.3 Å². The molecule has 4 rings (SSSR count). The van der Waals surface area contributed by atoms with Crippen LogP contribution in [0.3, 0.4) is 0 Å². The molecular weight excluding hydrogens is 356 g/mol. The van der Waals surface area contributed by atoms with Gasteiger partial charge in [-0.3, -0.25) is 10.1 Å². The zero-order valence-electron chi connectivity index (χ0n) is 15.2. The van der Waals surface area contributed by atoms with Gasteiger partial charge in [0.05, 0.1) is 23.1 Å². The van der Waals surface area contributed by atoms with Crippen molar-refractivity contribution in [3.63, 3.8) is 0 Å². The summed E-state index contributed by atoms with van der Waals surface area (Å²) in [6, 6.07) is 13.9. The Morgan fingerprint density at radius 3 is 2.81 bits per heavy atom. The Kier molecular flexibility index (Phi) is 4.73. The van der Waals surface area contributed by atoms with Gasteiger partial charge in [-0.2, -0.15) is 0 Å². The fourth-order valence-electron chi connectivity index (χ4n) is 2.93. The van der Waals surface area contributed by atoms with Crippen LogP contribution in [-0.2, 0) is 0 Å². The second-order valence-electron chi connectivity index (χ2n) is 6.56. The number of thiazole rings is 1. The summed E-state index contributed by atoms with van der Waals surface area (Å²) in [6.45, 7) is 4.42. The van der Waals surface area contributed by atoms with Crippen molar-refractivity contribution in [3.05, 3.63) is 65.3 Å². The largest absolute Gasteiger partial charge is 0.345 e. The highest BCUT2D eigenvalue weighted by molar-refractivity contribution is 7.14. The van der Waals surface area contributed by atoms with Crippen LogP contribution in [0, 0.1) is 0 Å².